The molecule has 31 heavy (non-hydrogen) atoms. The van der Waals surface area contributed by atoms with E-state index in [1.54, 1.807) is 36.2 Å². The van der Waals surface area contributed by atoms with E-state index < -0.39 is 10.0 Å². The average Bonchev–Trinajstić information content (AvgIpc) is 3.15. The van der Waals surface area contributed by atoms with Crippen molar-refractivity contribution in [2.75, 3.05) is 13.1 Å². The van der Waals surface area contributed by atoms with Crippen LogP contribution in [0.25, 0.3) is 11.4 Å². The fourth-order valence-corrected chi connectivity index (χ4v) is 5.66. The normalized spacial score (nSPS) is 12.1. The van der Waals surface area contributed by atoms with E-state index in [-0.39, 0.29) is 4.90 Å². The summed E-state index contributed by atoms with van der Waals surface area (Å²) >= 11 is 1.60. The van der Waals surface area contributed by atoms with E-state index in [0.29, 0.717) is 24.8 Å². The van der Waals surface area contributed by atoms with Crippen molar-refractivity contribution in [1.29, 1.82) is 0 Å². The fraction of sp³-hybridized carbons (Fsp3) is 0.409. The third-order valence-electron chi connectivity index (χ3n) is 4.79. The van der Waals surface area contributed by atoms with Crippen molar-refractivity contribution < 1.29 is 8.42 Å². The summed E-state index contributed by atoms with van der Waals surface area (Å²) in [6.07, 6.45) is 3.60. The maximum absolute atomic E-state index is 13.0. The zero-order valence-corrected chi connectivity index (χ0v) is 20.0. The molecule has 0 spiro atoms. The summed E-state index contributed by atoms with van der Waals surface area (Å²) in [6.45, 7) is 9.57. The highest BCUT2D eigenvalue weighted by Gasteiger charge is 2.23. The summed E-state index contributed by atoms with van der Waals surface area (Å²) < 4.78 is 29.5. The van der Waals surface area contributed by atoms with E-state index in [2.05, 4.69) is 33.6 Å². The Morgan fingerprint density at radius 1 is 1.10 bits per heavy atom. The lowest BCUT2D eigenvalue weighted by atomic mass is 10.2. The van der Waals surface area contributed by atoms with Gasteiger partial charge in [0.25, 0.3) is 0 Å². The van der Waals surface area contributed by atoms with Gasteiger partial charge in [0.15, 0.2) is 11.0 Å². The Hall–Kier alpha value is -2.23. The highest BCUT2D eigenvalue weighted by Crippen LogP contribution is 2.29. The largest absolute Gasteiger partial charge is 0.302 e. The molecule has 0 radical (unpaired) electrons. The molecule has 0 saturated carbocycles. The van der Waals surface area contributed by atoms with E-state index in [4.69, 9.17) is 0 Å². The molecular weight excluding hydrogens is 430 g/mol. The average molecular weight is 460 g/mol. The maximum atomic E-state index is 13.0. The predicted molar refractivity (Wildman–Crippen MR) is 124 cm³/mol. The number of thioether (sulfide) groups is 1. The minimum atomic E-state index is -3.54. The lowest BCUT2D eigenvalue weighted by molar-refractivity contribution is 0.445. The van der Waals surface area contributed by atoms with Crippen molar-refractivity contribution >= 4 is 21.8 Å². The van der Waals surface area contributed by atoms with Crippen molar-refractivity contribution in [2.45, 2.75) is 50.0 Å². The van der Waals surface area contributed by atoms with E-state index in [9.17, 15) is 8.42 Å². The molecule has 0 amide bonds. The molecular formula is C22H29N5O2S2. The van der Waals surface area contributed by atoms with Crippen molar-refractivity contribution in [1.82, 2.24) is 24.1 Å². The SMILES string of the molecule is CCN(CC)S(=O)(=O)c1cccc(-c2nnc(SCc3cccnc3)n2CC(C)C)c1. The van der Waals surface area contributed by atoms with Crippen LogP contribution in [0.2, 0.25) is 0 Å². The van der Waals surface area contributed by atoms with Crippen molar-refractivity contribution in [3.05, 3.63) is 54.4 Å². The number of rotatable bonds is 10. The minimum absolute atomic E-state index is 0.275. The molecule has 0 unspecified atom stereocenters. The molecule has 0 bridgehead atoms. The number of hydrogen-bond donors (Lipinski definition) is 0. The molecule has 3 aromatic rings. The van der Waals surface area contributed by atoms with Gasteiger partial charge in [-0.25, -0.2) is 8.42 Å². The molecule has 7 nitrogen and oxygen atoms in total. The third kappa shape index (κ3) is 5.53. The van der Waals surface area contributed by atoms with E-state index in [1.807, 2.05) is 38.2 Å². The van der Waals surface area contributed by atoms with Crippen LogP contribution in [0.5, 0.6) is 0 Å². The second-order valence-electron chi connectivity index (χ2n) is 7.58. The molecule has 0 aliphatic heterocycles. The number of nitrogens with zero attached hydrogens (tertiary/aromatic N) is 5. The first kappa shape index (κ1) is 23.4. The summed E-state index contributed by atoms with van der Waals surface area (Å²) in [7, 11) is -3.54. The lowest BCUT2D eigenvalue weighted by Crippen LogP contribution is -2.30. The third-order valence-corrected chi connectivity index (χ3v) is 7.87. The second-order valence-corrected chi connectivity index (χ2v) is 10.5. The van der Waals surface area contributed by atoms with Crippen LogP contribution in [-0.4, -0.2) is 45.6 Å². The van der Waals surface area contributed by atoms with Crippen LogP contribution in [0, 0.1) is 5.92 Å². The molecule has 0 fully saturated rings. The van der Waals surface area contributed by atoms with Crippen molar-refractivity contribution in [3.63, 3.8) is 0 Å². The standard InChI is InChI=1S/C22H29N5O2S2/c1-5-26(6-2)31(28,29)20-11-7-10-19(13-20)21-24-25-22(27(21)15-17(3)4)30-16-18-9-8-12-23-14-18/h7-14,17H,5-6,15-16H2,1-4H3. The van der Waals surface area contributed by atoms with E-state index >= 15 is 0 Å². The summed E-state index contributed by atoms with van der Waals surface area (Å²) in [4.78, 5) is 4.44. The number of pyridine rings is 1. The highest BCUT2D eigenvalue weighted by atomic mass is 32.2. The van der Waals surface area contributed by atoms with Crippen LogP contribution in [0.4, 0.5) is 0 Å². The summed E-state index contributed by atoms with van der Waals surface area (Å²) in [6, 6.07) is 10.9. The number of hydrogen-bond acceptors (Lipinski definition) is 6. The van der Waals surface area contributed by atoms with Gasteiger partial charge in [0.2, 0.25) is 10.0 Å². The molecule has 3 rings (SSSR count). The number of sulfonamides is 1. The molecule has 0 aliphatic rings. The monoisotopic (exact) mass is 459 g/mol. The zero-order chi connectivity index (χ0) is 22.4. The van der Waals surface area contributed by atoms with Crippen LogP contribution >= 0.6 is 11.8 Å². The van der Waals surface area contributed by atoms with Gasteiger partial charge in [-0.2, -0.15) is 4.31 Å². The van der Waals surface area contributed by atoms with Gasteiger partial charge >= 0.3 is 0 Å². The van der Waals surface area contributed by atoms with Crippen LogP contribution in [0.1, 0.15) is 33.3 Å². The highest BCUT2D eigenvalue weighted by molar-refractivity contribution is 7.98. The lowest BCUT2D eigenvalue weighted by Gasteiger charge is -2.19. The molecule has 0 atom stereocenters. The summed E-state index contributed by atoms with van der Waals surface area (Å²) in [5.74, 6) is 1.80. The molecule has 2 aromatic heterocycles. The fourth-order valence-electron chi connectivity index (χ4n) is 3.28. The van der Waals surface area contributed by atoms with Gasteiger partial charge in [-0.05, 0) is 29.7 Å². The first-order chi connectivity index (χ1) is 14.9. The smallest absolute Gasteiger partial charge is 0.243 e. The molecule has 0 N–H and O–H groups in total. The molecule has 9 heteroatoms. The number of aromatic nitrogens is 4. The zero-order valence-electron chi connectivity index (χ0n) is 18.4. The van der Waals surface area contributed by atoms with Gasteiger partial charge in [0, 0.05) is 43.3 Å². The van der Waals surface area contributed by atoms with Crippen LogP contribution < -0.4 is 0 Å². The topological polar surface area (TPSA) is 81.0 Å². The second kappa shape index (κ2) is 10.4. The number of benzene rings is 1. The summed E-state index contributed by atoms with van der Waals surface area (Å²) in [5, 5.41) is 9.65. The molecule has 2 heterocycles. The Balaban J connectivity index is 1.96. The molecule has 166 valence electrons. The van der Waals surface area contributed by atoms with Crippen molar-refractivity contribution in [2.24, 2.45) is 5.92 Å². The molecule has 1 aromatic carbocycles. The van der Waals surface area contributed by atoms with Gasteiger partial charge < -0.3 is 4.57 Å². The van der Waals surface area contributed by atoms with Crippen LogP contribution in [-0.2, 0) is 22.3 Å². The van der Waals surface area contributed by atoms with Gasteiger partial charge in [-0.3, -0.25) is 4.98 Å². The Bertz CT molecular complexity index is 1090. The first-order valence-electron chi connectivity index (χ1n) is 10.4. The van der Waals surface area contributed by atoms with Crippen molar-refractivity contribution in [3.8, 4) is 11.4 Å². The van der Waals surface area contributed by atoms with Crippen LogP contribution in [0.15, 0.2) is 58.8 Å². The Labute approximate surface area is 189 Å². The minimum Gasteiger partial charge on any atom is -0.302 e. The molecule has 0 saturated heterocycles. The van der Waals surface area contributed by atoms with E-state index in [0.717, 1.165) is 28.6 Å². The van der Waals surface area contributed by atoms with E-state index in [1.165, 1.54) is 4.31 Å². The van der Waals surface area contributed by atoms with Gasteiger partial charge in [0.05, 0.1) is 4.90 Å². The quantitative estimate of drug-likeness (QED) is 0.420. The van der Waals surface area contributed by atoms with Gasteiger partial charge in [-0.15, -0.1) is 10.2 Å². The van der Waals surface area contributed by atoms with Crippen LogP contribution in [0.3, 0.4) is 0 Å². The maximum Gasteiger partial charge on any atom is 0.243 e. The summed E-state index contributed by atoms with van der Waals surface area (Å²) in [5.41, 5.74) is 1.86. The first-order valence-corrected chi connectivity index (χ1v) is 12.8. The molecule has 0 aliphatic carbocycles. The Morgan fingerprint density at radius 3 is 2.52 bits per heavy atom. The predicted octanol–water partition coefficient (Wildman–Crippen LogP) is 4.32. The van der Waals surface area contributed by atoms with Gasteiger partial charge in [-0.1, -0.05) is 57.7 Å². The Morgan fingerprint density at radius 2 is 1.87 bits per heavy atom. The van der Waals surface area contributed by atoms with Gasteiger partial charge in [0.1, 0.15) is 0 Å². The Kier molecular flexibility index (Phi) is 7.85.